The van der Waals surface area contributed by atoms with Gasteiger partial charge >= 0.3 is 0 Å². The normalized spacial score (nSPS) is 23.0. The van der Waals surface area contributed by atoms with Crippen LogP contribution in [0.1, 0.15) is 41.9 Å². The summed E-state index contributed by atoms with van der Waals surface area (Å²) in [6.07, 6.45) is 4.17. The molecule has 3 aromatic rings. The molecule has 3 heterocycles. The summed E-state index contributed by atoms with van der Waals surface area (Å²) in [4.78, 5) is 17.3. The van der Waals surface area contributed by atoms with Crippen LogP contribution < -0.4 is 16.4 Å². The molecule has 224 valence electrons. The van der Waals surface area contributed by atoms with Crippen molar-refractivity contribution in [3.63, 3.8) is 0 Å². The van der Waals surface area contributed by atoms with E-state index in [-0.39, 0.29) is 51.7 Å². The van der Waals surface area contributed by atoms with Gasteiger partial charge in [-0.1, -0.05) is 23.7 Å². The van der Waals surface area contributed by atoms with Crippen molar-refractivity contribution in [2.24, 2.45) is 5.73 Å². The number of sulfonamides is 1. The van der Waals surface area contributed by atoms with Gasteiger partial charge in [0.15, 0.2) is 0 Å². The molecule has 0 spiro atoms. The number of pyridine rings is 1. The fourth-order valence-electron chi connectivity index (χ4n) is 5.76. The molecule has 2 aromatic carbocycles. The monoisotopic (exact) mass is 621 g/mol. The Hall–Kier alpha value is -3.03. The number of piperazine rings is 1. The molecule has 2 saturated heterocycles. The van der Waals surface area contributed by atoms with E-state index in [1.807, 2.05) is 0 Å². The van der Waals surface area contributed by atoms with Gasteiger partial charge in [0.05, 0.1) is 23.0 Å². The highest BCUT2D eigenvalue weighted by atomic mass is 35.5. The standard InChI is InChI=1S/C29H31ClF3N5O3S/c30-23-9-6-17(12-25(23)33)27(18-11-19(31)14-35-13-18)28(34)29(39)37-26-5-1-4-24(32)22(26)8-7-21-15-36-20-3-2-10-42(40,41)38(21)16-20/h1,4-6,9,11-14,20-21,27-28,36H,2-3,7-8,10,15-16,34H2,(H,37,39)/t20?,21?,27-,28-/m0/s1. The zero-order valence-electron chi connectivity index (χ0n) is 22.6. The number of halogens is 4. The maximum atomic E-state index is 15.1. The number of fused-ring (bicyclic) bond motifs is 2. The molecule has 2 aliphatic rings. The molecule has 5 atom stereocenters. The minimum absolute atomic E-state index is 0.0834. The highest BCUT2D eigenvalue weighted by Gasteiger charge is 2.38. The van der Waals surface area contributed by atoms with Crippen molar-refractivity contribution >= 4 is 33.2 Å². The molecule has 8 nitrogen and oxygen atoms in total. The fraction of sp³-hybridized carbons (Fsp3) is 0.379. The zero-order valence-corrected chi connectivity index (χ0v) is 24.1. The topological polar surface area (TPSA) is 117 Å². The molecule has 42 heavy (non-hydrogen) atoms. The van der Waals surface area contributed by atoms with Crippen molar-refractivity contribution in [1.82, 2.24) is 14.6 Å². The number of carbonyl (C=O) groups is 1. The number of hydrogen-bond donors (Lipinski definition) is 3. The lowest BCUT2D eigenvalue weighted by atomic mass is 9.85. The molecule has 0 radical (unpaired) electrons. The predicted octanol–water partition coefficient (Wildman–Crippen LogP) is 3.95. The smallest absolute Gasteiger partial charge is 0.242 e. The number of carbonyl (C=O) groups excluding carboxylic acids is 1. The van der Waals surface area contributed by atoms with Crippen LogP contribution in [-0.4, -0.2) is 60.6 Å². The maximum absolute atomic E-state index is 15.1. The highest BCUT2D eigenvalue weighted by Crippen LogP contribution is 2.32. The summed E-state index contributed by atoms with van der Waals surface area (Å²) in [5.74, 6) is -3.61. The number of hydrogen-bond acceptors (Lipinski definition) is 6. The van der Waals surface area contributed by atoms with Gasteiger partial charge in [0.25, 0.3) is 0 Å². The lowest BCUT2D eigenvalue weighted by Gasteiger charge is -2.37. The average molecular weight is 622 g/mol. The van der Waals surface area contributed by atoms with Gasteiger partial charge in [-0.25, -0.2) is 21.6 Å². The van der Waals surface area contributed by atoms with Crippen molar-refractivity contribution < 1.29 is 26.4 Å². The lowest BCUT2D eigenvalue weighted by Crippen LogP contribution is -2.57. The van der Waals surface area contributed by atoms with E-state index < -0.39 is 45.3 Å². The highest BCUT2D eigenvalue weighted by molar-refractivity contribution is 7.89. The first-order chi connectivity index (χ1) is 20.0. The summed E-state index contributed by atoms with van der Waals surface area (Å²) < 4.78 is 70.8. The molecule has 5 rings (SSSR count). The van der Waals surface area contributed by atoms with Gasteiger partial charge in [0.1, 0.15) is 17.5 Å². The number of aromatic nitrogens is 1. The molecule has 2 aliphatic heterocycles. The molecule has 2 bridgehead atoms. The van der Waals surface area contributed by atoms with Crippen molar-refractivity contribution in [2.75, 3.05) is 24.2 Å². The number of nitrogens with two attached hydrogens (primary N) is 1. The first kappa shape index (κ1) is 30.4. The molecule has 0 aliphatic carbocycles. The van der Waals surface area contributed by atoms with Crippen LogP contribution in [0, 0.1) is 17.5 Å². The van der Waals surface area contributed by atoms with Crippen LogP contribution in [0.4, 0.5) is 18.9 Å². The Bertz CT molecular complexity index is 1580. The van der Waals surface area contributed by atoms with E-state index in [0.29, 0.717) is 25.9 Å². The van der Waals surface area contributed by atoms with Gasteiger partial charge in [-0.15, -0.1) is 0 Å². The van der Waals surface area contributed by atoms with Gasteiger partial charge in [0, 0.05) is 48.5 Å². The minimum Gasteiger partial charge on any atom is -0.324 e. The van der Waals surface area contributed by atoms with E-state index in [1.165, 1.54) is 40.8 Å². The van der Waals surface area contributed by atoms with E-state index in [2.05, 4.69) is 15.6 Å². The quantitative estimate of drug-likeness (QED) is 0.351. The van der Waals surface area contributed by atoms with Gasteiger partial charge < -0.3 is 16.4 Å². The van der Waals surface area contributed by atoms with E-state index in [4.69, 9.17) is 17.3 Å². The number of benzene rings is 2. The summed E-state index contributed by atoms with van der Waals surface area (Å²) in [6, 6.07) is 7.69. The third-order valence-corrected chi connectivity index (χ3v) is 10.2. The Morgan fingerprint density at radius 2 is 1.95 bits per heavy atom. The van der Waals surface area contributed by atoms with E-state index >= 15 is 4.39 Å². The van der Waals surface area contributed by atoms with Gasteiger partial charge in [-0.3, -0.25) is 9.78 Å². The van der Waals surface area contributed by atoms with Gasteiger partial charge in [-0.05, 0) is 67.1 Å². The molecular weight excluding hydrogens is 591 g/mol. The maximum Gasteiger partial charge on any atom is 0.242 e. The van der Waals surface area contributed by atoms with Crippen LogP contribution in [0.15, 0.2) is 54.9 Å². The van der Waals surface area contributed by atoms with E-state index in [1.54, 1.807) is 0 Å². The van der Waals surface area contributed by atoms with E-state index in [0.717, 1.165) is 24.8 Å². The molecular formula is C29H31ClF3N5O3S. The van der Waals surface area contributed by atoms with Crippen LogP contribution in [0.3, 0.4) is 0 Å². The Kier molecular flexibility index (Phi) is 9.19. The number of amides is 1. The second kappa shape index (κ2) is 12.7. The van der Waals surface area contributed by atoms with Crippen LogP contribution >= 0.6 is 11.6 Å². The third-order valence-electron chi connectivity index (χ3n) is 7.92. The average Bonchev–Trinajstić information content (AvgIpc) is 3.06. The second-order valence-electron chi connectivity index (χ2n) is 10.7. The second-order valence-corrected chi connectivity index (χ2v) is 13.1. The van der Waals surface area contributed by atoms with Crippen LogP contribution in [0.25, 0.3) is 0 Å². The Labute approximate surface area is 247 Å². The molecule has 0 saturated carbocycles. The summed E-state index contributed by atoms with van der Waals surface area (Å²) in [7, 11) is -3.42. The predicted molar refractivity (Wildman–Crippen MR) is 154 cm³/mol. The third kappa shape index (κ3) is 6.63. The van der Waals surface area contributed by atoms with E-state index in [9.17, 15) is 22.0 Å². The summed E-state index contributed by atoms with van der Waals surface area (Å²) >= 11 is 5.84. The van der Waals surface area contributed by atoms with Crippen molar-refractivity contribution in [2.45, 2.75) is 49.7 Å². The Balaban J connectivity index is 1.38. The Morgan fingerprint density at radius 3 is 2.71 bits per heavy atom. The SMILES string of the molecule is N[C@H](C(=O)Nc1cccc(F)c1CCC1CNC2CCCS(=O)(=O)N1C2)[C@H](c1cncc(F)c1)c1ccc(Cl)c(F)c1. The molecule has 3 unspecified atom stereocenters. The summed E-state index contributed by atoms with van der Waals surface area (Å²) in [5, 5.41) is 5.95. The van der Waals surface area contributed by atoms with Crippen molar-refractivity contribution in [3.8, 4) is 0 Å². The zero-order chi connectivity index (χ0) is 30.0. The molecule has 4 N–H and O–H groups in total. The number of rotatable bonds is 8. The van der Waals surface area contributed by atoms with Gasteiger partial charge in [0.2, 0.25) is 15.9 Å². The molecule has 2 fully saturated rings. The van der Waals surface area contributed by atoms with Crippen LogP contribution in [-0.2, 0) is 21.2 Å². The van der Waals surface area contributed by atoms with Gasteiger partial charge in [-0.2, -0.15) is 4.31 Å². The Morgan fingerprint density at radius 1 is 1.14 bits per heavy atom. The minimum atomic E-state index is -3.42. The largest absolute Gasteiger partial charge is 0.324 e. The van der Waals surface area contributed by atoms with Crippen LogP contribution in [0.2, 0.25) is 5.02 Å². The molecule has 13 heteroatoms. The fourth-order valence-corrected chi connectivity index (χ4v) is 7.69. The summed E-state index contributed by atoms with van der Waals surface area (Å²) in [5.41, 5.74) is 7.28. The summed E-state index contributed by atoms with van der Waals surface area (Å²) in [6.45, 7) is 0.830. The number of nitrogens with zero attached hydrogens (tertiary/aromatic N) is 2. The first-order valence-electron chi connectivity index (χ1n) is 13.7. The molecule has 1 aromatic heterocycles. The van der Waals surface area contributed by atoms with Crippen molar-refractivity contribution in [3.05, 3.63) is 94.0 Å². The number of anilines is 1. The first-order valence-corrected chi connectivity index (χ1v) is 15.6. The van der Waals surface area contributed by atoms with Crippen molar-refractivity contribution in [1.29, 1.82) is 0 Å². The number of nitrogens with one attached hydrogen (secondary N) is 2. The van der Waals surface area contributed by atoms with Crippen LogP contribution in [0.5, 0.6) is 0 Å². The lowest BCUT2D eigenvalue weighted by molar-refractivity contribution is -0.117. The molecule has 1 amide bonds.